The Bertz CT molecular complexity index is 924. The highest BCUT2D eigenvalue weighted by atomic mass is 35.5. The monoisotopic (exact) mass is 356 g/mol. The molecule has 1 aromatic carbocycles. The van der Waals surface area contributed by atoms with Crippen LogP contribution < -0.4 is 5.73 Å². The van der Waals surface area contributed by atoms with Crippen LogP contribution in [0.2, 0.25) is 0 Å². The number of aliphatic imine (C=N–C) groups is 1. The third-order valence-corrected chi connectivity index (χ3v) is 4.45. The van der Waals surface area contributed by atoms with Crippen molar-refractivity contribution in [2.45, 2.75) is 6.42 Å². The zero-order chi connectivity index (χ0) is 16.5. The maximum Gasteiger partial charge on any atom is 0.168 e. The van der Waals surface area contributed by atoms with Crippen LogP contribution in [0.5, 0.6) is 0 Å². The molecule has 6 heteroatoms. The first-order valence-electron chi connectivity index (χ1n) is 8.08. The summed E-state index contributed by atoms with van der Waals surface area (Å²) in [5.74, 6) is 0.970. The predicted molar refractivity (Wildman–Crippen MR) is 105 cm³/mol. The van der Waals surface area contributed by atoms with Crippen LogP contribution in [-0.4, -0.2) is 35.9 Å². The fourth-order valence-corrected chi connectivity index (χ4v) is 3.08. The Hall–Kier alpha value is -2.50. The van der Waals surface area contributed by atoms with Gasteiger partial charge >= 0.3 is 0 Å². The van der Waals surface area contributed by atoms with E-state index >= 15 is 0 Å². The number of likely N-dealkylation sites (N-methyl/N-ethyl adjacent to an activating group) is 1. The average Bonchev–Trinajstić information content (AvgIpc) is 3.25. The number of nitrogens with zero attached hydrogens (tertiary/aromatic N) is 2. The van der Waals surface area contributed by atoms with E-state index in [9.17, 15) is 0 Å². The van der Waals surface area contributed by atoms with Crippen LogP contribution in [0.25, 0.3) is 16.5 Å². The molecule has 1 aliphatic heterocycles. The van der Waals surface area contributed by atoms with Gasteiger partial charge in [-0.2, -0.15) is 0 Å². The molecule has 0 spiro atoms. The largest absolute Gasteiger partial charge is 0.461 e. The number of halogens is 1. The number of aromatic nitrogens is 1. The van der Waals surface area contributed by atoms with E-state index in [1.54, 1.807) is 12.3 Å². The number of hydrogen-bond acceptors (Lipinski definition) is 3. The number of benzene rings is 1. The molecule has 0 aliphatic carbocycles. The quantitative estimate of drug-likeness (QED) is 0.551. The summed E-state index contributed by atoms with van der Waals surface area (Å²) in [4.78, 5) is 10.2. The zero-order valence-electron chi connectivity index (χ0n) is 14.0. The summed E-state index contributed by atoms with van der Waals surface area (Å²) < 4.78 is 5.29. The van der Waals surface area contributed by atoms with E-state index in [-0.39, 0.29) is 12.4 Å². The van der Waals surface area contributed by atoms with Crippen LogP contribution in [0.4, 0.5) is 5.69 Å². The second kappa shape index (κ2) is 7.17. The summed E-state index contributed by atoms with van der Waals surface area (Å²) in [6.07, 6.45) is 7.05. The molecule has 0 fully saturated rings. The van der Waals surface area contributed by atoms with E-state index < -0.39 is 0 Å². The van der Waals surface area contributed by atoms with E-state index in [4.69, 9.17) is 10.2 Å². The first kappa shape index (κ1) is 17.3. The van der Waals surface area contributed by atoms with Crippen LogP contribution >= 0.6 is 12.4 Å². The van der Waals surface area contributed by atoms with Gasteiger partial charge in [-0.05, 0) is 49.4 Å². The molecule has 0 unspecified atom stereocenters. The van der Waals surface area contributed by atoms with Crippen LogP contribution in [0.3, 0.4) is 0 Å². The van der Waals surface area contributed by atoms with Crippen molar-refractivity contribution in [2.24, 2.45) is 10.7 Å². The van der Waals surface area contributed by atoms with Gasteiger partial charge in [0.25, 0.3) is 0 Å². The average molecular weight is 357 g/mol. The maximum atomic E-state index is 6.02. The fourth-order valence-electron chi connectivity index (χ4n) is 3.08. The second-order valence-electron chi connectivity index (χ2n) is 6.15. The molecule has 3 N–H and O–H groups in total. The molecule has 25 heavy (non-hydrogen) atoms. The first-order valence-corrected chi connectivity index (χ1v) is 8.08. The standard InChI is InChI=1S/C19H20N4O.ClH/c1-23-8-6-13(7-9-23)16-12-21-17-5-4-14(11-15(16)17)22-19(20)18-3-2-10-24-18;/h2-6,10-12,21H,7-9H2,1H3,(H2,20,22);1H. The summed E-state index contributed by atoms with van der Waals surface area (Å²) in [6.45, 7) is 2.08. The van der Waals surface area contributed by atoms with Crippen molar-refractivity contribution >= 4 is 40.4 Å². The highest BCUT2D eigenvalue weighted by molar-refractivity contribution is 5.98. The van der Waals surface area contributed by atoms with Gasteiger partial charge in [-0.1, -0.05) is 6.08 Å². The van der Waals surface area contributed by atoms with Crippen molar-refractivity contribution < 1.29 is 4.42 Å². The molecule has 3 aromatic rings. The van der Waals surface area contributed by atoms with Gasteiger partial charge in [0.2, 0.25) is 0 Å². The van der Waals surface area contributed by atoms with E-state index in [1.165, 1.54) is 16.5 Å². The predicted octanol–water partition coefficient (Wildman–Crippen LogP) is 3.94. The van der Waals surface area contributed by atoms with Crippen molar-refractivity contribution in [3.8, 4) is 0 Å². The Labute approximate surface area is 152 Å². The topological polar surface area (TPSA) is 70.5 Å². The highest BCUT2D eigenvalue weighted by Crippen LogP contribution is 2.31. The minimum atomic E-state index is 0. The van der Waals surface area contributed by atoms with Gasteiger partial charge in [0.15, 0.2) is 11.6 Å². The van der Waals surface area contributed by atoms with Crippen molar-refractivity contribution in [3.05, 3.63) is 60.2 Å². The lowest BCUT2D eigenvalue weighted by Gasteiger charge is -2.21. The Morgan fingerprint density at radius 3 is 2.92 bits per heavy atom. The minimum Gasteiger partial charge on any atom is -0.461 e. The molecule has 0 atom stereocenters. The lowest BCUT2D eigenvalue weighted by molar-refractivity contribution is 0.370. The van der Waals surface area contributed by atoms with E-state index in [2.05, 4.69) is 40.3 Å². The number of hydrogen-bond donors (Lipinski definition) is 2. The molecule has 5 nitrogen and oxygen atoms in total. The summed E-state index contributed by atoms with van der Waals surface area (Å²) in [5.41, 5.74) is 10.6. The number of amidine groups is 1. The summed E-state index contributed by atoms with van der Waals surface area (Å²) in [7, 11) is 2.15. The summed E-state index contributed by atoms with van der Waals surface area (Å²) in [6, 6.07) is 9.69. The number of rotatable bonds is 3. The SMILES string of the molecule is CN1CC=C(c2c[nH]c3ccc(N=C(N)c4ccco4)cc23)CC1.Cl. The number of fused-ring (bicyclic) bond motifs is 1. The Kier molecular flexibility index (Phi) is 4.97. The van der Waals surface area contributed by atoms with Gasteiger partial charge in [-0.15, -0.1) is 12.4 Å². The van der Waals surface area contributed by atoms with Gasteiger partial charge in [0, 0.05) is 35.8 Å². The lowest BCUT2D eigenvalue weighted by Crippen LogP contribution is -2.23. The first-order chi connectivity index (χ1) is 11.7. The third-order valence-electron chi connectivity index (χ3n) is 4.45. The molecular weight excluding hydrogens is 336 g/mol. The van der Waals surface area contributed by atoms with E-state index in [1.807, 2.05) is 18.2 Å². The van der Waals surface area contributed by atoms with Gasteiger partial charge in [-0.25, -0.2) is 4.99 Å². The Balaban J connectivity index is 0.00000182. The molecule has 2 aromatic heterocycles. The molecule has 1 aliphatic rings. The fraction of sp³-hybridized carbons (Fsp3) is 0.211. The normalized spacial score (nSPS) is 15.9. The lowest BCUT2D eigenvalue weighted by atomic mass is 9.99. The van der Waals surface area contributed by atoms with E-state index in [0.29, 0.717) is 11.6 Å². The van der Waals surface area contributed by atoms with E-state index in [0.717, 1.165) is 30.7 Å². The molecule has 0 radical (unpaired) electrons. The summed E-state index contributed by atoms with van der Waals surface area (Å²) >= 11 is 0. The van der Waals surface area contributed by atoms with Crippen LogP contribution in [0, 0.1) is 0 Å². The van der Waals surface area contributed by atoms with Gasteiger partial charge in [0.1, 0.15) is 0 Å². The Morgan fingerprint density at radius 1 is 1.32 bits per heavy atom. The maximum absolute atomic E-state index is 6.02. The van der Waals surface area contributed by atoms with Gasteiger partial charge in [-0.3, -0.25) is 0 Å². The number of nitrogens with one attached hydrogen (secondary N) is 1. The molecule has 0 amide bonds. The van der Waals surface area contributed by atoms with Gasteiger partial charge < -0.3 is 20.0 Å². The molecule has 0 bridgehead atoms. The number of aromatic amines is 1. The summed E-state index contributed by atoms with van der Waals surface area (Å²) in [5, 5.41) is 1.18. The molecule has 3 heterocycles. The zero-order valence-corrected chi connectivity index (χ0v) is 14.8. The number of nitrogens with two attached hydrogens (primary N) is 1. The van der Waals surface area contributed by atoms with Crippen LogP contribution in [0.15, 0.2) is 58.3 Å². The van der Waals surface area contributed by atoms with Crippen molar-refractivity contribution in [1.29, 1.82) is 0 Å². The highest BCUT2D eigenvalue weighted by Gasteiger charge is 2.14. The smallest absolute Gasteiger partial charge is 0.168 e. The third kappa shape index (κ3) is 3.48. The second-order valence-corrected chi connectivity index (χ2v) is 6.15. The van der Waals surface area contributed by atoms with Crippen LogP contribution in [0.1, 0.15) is 17.7 Å². The molecule has 0 saturated heterocycles. The van der Waals surface area contributed by atoms with Crippen LogP contribution in [-0.2, 0) is 0 Å². The molecule has 4 rings (SSSR count). The Morgan fingerprint density at radius 2 is 2.20 bits per heavy atom. The minimum absolute atomic E-state index is 0. The van der Waals surface area contributed by atoms with Crippen molar-refractivity contribution in [1.82, 2.24) is 9.88 Å². The molecular formula is C19H21ClN4O. The molecule has 130 valence electrons. The number of furan rings is 1. The number of H-pyrrole nitrogens is 1. The van der Waals surface area contributed by atoms with Crippen molar-refractivity contribution in [3.63, 3.8) is 0 Å². The van der Waals surface area contributed by atoms with Crippen molar-refractivity contribution in [2.75, 3.05) is 20.1 Å². The van der Waals surface area contributed by atoms with Gasteiger partial charge in [0.05, 0.1) is 12.0 Å². The molecule has 0 saturated carbocycles.